The van der Waals surface area contributed by atoms with Crippen LogP contribution in [0.1, 0.15) is 5.69 Å². The smallest absolute Gasteiger partial charge is 0.190 e. The van der Waals surface area contributed by atoms with Crippen molar-refractivity contribution >= 4 is 11.2 Å². The normalized spacial score (nSPS) is 10.2. The minimum absolute atomic E-state index is 0.401. The van der Waals surface area contributed by atoms with Crippen LogP contribution < -0.4 is 5.73 Å². The lowest BCUT2D eigenvalue weighted by Crippen LogP contribution is -1.96. The fourth-order valence-electron chi connectivity index (χ4n) is 1.26. The van der Waals surface area contributed by atoms with Crippen LogP contribution in [0, 0.1) is 6.57 Å². The Kier molecular flexibility index (Phi) is 1.72. The Morgan fingerprint density at radius 3 is 3.15 bits per heavy atom. The number of imidazole rings is 1. The third-order valence-electron chi connectivity index (χ3n) is 1.92. The number of fused-ring (bicyclic) bond motifs is 1. The van der Waals surface area contributed by atoms with Gasteiger partial charge in [-0.25, -0.2) is 9.83 Å². The van der Waals surface area contributed by atoms with Gasteiger partial charge in [0, 0.05) is 6.54 Å². The highest BCUT2D eigenvalue weighted by Gasteiger charge is 2.02. The average Bonchev–Trinajstić information content (AvgIpc) is 2.59. The quantitative estimate of drug-likeness (QED) is 0.660. The van der Waals surface area contributed by atoms with Crippen LogP contribution in [0.3, 0.4) is 0 Å². The largest absolute Gasteiger partial charge is 0.325 e. The van der Waals surface area contributed by atoms with Gasteiger partial charge in [-0.2, -0.15) is 0 Å². The van der Waals surface area contributed by atoms with E-state index in [1.54, 1.807) is 18.5 Å². The third-order valence-corrected chi connectivity index (χ3v) is 1.92. The SMILES string of the molecule is [C-]#[N+]c1ccn2cnc(CN)c2c1. The number of rotatable bonds is 1. The Morgan fingerprint density at radius 1 is 1.62 bits per heavy atom. The van der Waals surface area contributed by atoms with Crippen LogP contribution in [-0.4, -0.2) is 9.38 Å². The monoisotopic (exact) mass is 172 g/mol. The highest BCUT2D eigenvalue weighted by atomic mass is 15.0. The zero-order chi connectivity index (χ0) is 9.26. The van der Waals surface area contributed by atoms with Crippen molar-refractivity contribution in [2.75, 3.05) is 0 Å². The van der Waals surface area contributed by atoms with Gasteiger partial charge in [0.25, 0.3) is 0 Å². The van der Waals surface area contributed by atoms with Crippen LogP contribution >= 0.6 is 0 Å². The predicted octanol–water partition coefficient (Wildman–Crippen LogP) is 1.34. The summed E-state index contributed by atoms with van der Waals surface area (Å²) >= 11 is 0. The summed E-state index contributed by atoms with van der Waals surface area (Å²) in [6, 6.07) is 3.55. The van der Waals surface area contributed by atoms with E-state index in [9.17, 15) is 0 Å². The molecule has 0 aromatic carbocycles. The molecule has 2 N–H and O–H groups in total. The maximum absolute atomic E-state index is 6.86. The summed E-state index contributed by atoms with van der Waals surface area (Å²) in [5.41, 5.74) is 7.85. The van der Waals surface area contributed by atoms with Crippen molar-refractivity contribution in [2.45, 2.75) is 6.54 Å². The molecule has 4 heteroatoms. The molecule has 2 rings (SSSR count). The molecule has 4 nitrogen and oxygen atoms in total. The molecule has 0 aliphatic rings. The van der Waals surface area contributed by atoms with E-state index in [0.29, 0.717) is 12.2 Å². The Morgan fingerprint density at radius 2 is 2.46 bits per heavy atom. The van der Waals surface area contributed by atoms with Crippen LogP contribution in [0.4, 0.5) is 5.69 Å². The van der Waals surface area contributed by atoms with Gasteiger partial charge in [0.2, 0.25) is 0 Å². The molecule has 0 radical (unpaired) electrons. The predicted molar refractivity (Wildman–Crippen MR) is 49.3 cm³/mol. The topological polar surface area (TPSA) is 47.7 Å². The summed E-state index contributed by atoms with van der Waals surface area (Å²) in [5, 5.41) is 0. The number of aromatic nitrogens is 2. The molecule has 13 heavy (non-hydrogen) atoms. The van der Waals surface area contributed by atoms with Crippen molar-refractivity contribution in [3.8, 4) is 0 Å². The summed E-state index contributed by atoms with van der Waals surface area (Å²) in [7, 11) is 0. The van der Waals surface area contributed by atoms with Crippen LogP contribution in [0.2, 0.25) is 0 Å². The molecule has 0 aliphatic carbocycles. The lowest BCUT2D eigenvalue weighted by Gasteiger charge is -1.95. The summed E-state index contributed by atoms with van der Waals surface area (Å²) in [6.45, 7) is 7.26. The molecule has 0 saturated heterocycles. The molecule has 0 fully saturated rings. The highest BCUT2D eigenvalue weighted by Crippen LogP contribution is 2.17. The first-order valence-corrected chi connectivity index (χ1v) is 3.88. The minimum Gasteiger partial charge on any atom is -0.325 e. The molecule has 0 saturated carbocycles. The van der Waals surface area contributed by atoms with E-state index in [-0.39, 0.29) is 0 Å². The van der Waals surface area contributed by atoms with Crippen molar-refractivity contribution in [3.63, 3.8) is 0 Å². The number of hydrogen-bond donors (Lipinski definition) is 1. The molecule has 0 atom stereocenters. The van der Waals surface area contributed by atoms with Crippen LogP contribution in [0.15, 0.2) is 24.7 Å². The van der Waals surface area contributed by atoms with Gasteiger partial charge in [-0.1, -0.05) is 0 Å². The summed E-state index contributed by atoms with van der Waals surface area (Å²) < 4.78 is 1.86. The molecular formula is C9H8N4. The molecule has 0 amide bonds. The summed E-state index contributed by atoms with van der Waals surface area (Å²) in [6.07, 6.45) is 3.51. The Labute approximate surface area is 75.4 Å². The lowest BCUT2D eigenvalue weighted by atomic mass is 10.3. The van der Waals surface area contributed by atoms with Gasteiger partial charge in [-0.15, -0.1) is 0 Å². The minimum atomic E-state index is 0.401. The van der Waals surface area contributed by atoms with E-state index in [0.717, 1.165) is 11.2 Å². The van der Waals surface area contributed by atoms with Crippen molar-refractivity contribution in [1.82, 2.24) is 9.38 Å². The van der Waals surface area contributed by atoms with E-state index < -0.39 is 0 Å². The first-order chi connectivity index (χ1) is 6.35. The van der Waals surface area contributed by atoms with E-state index in [1.807, 2.05) is 10.6 Å². The average molecular weight is 172 g/mol. The van der Waals surface area contributed by atoms with Gasteiger partial charge in [-0.3, -0.25) is 0 Å². The van der Waals surface area contributed by atoms with Gasteiger partial charge in [0.1, 0.15) is 0 Å². The lowest BCUT2D eigenvalue weighted by molar-refractivity contribution is 1.02. The second-order valence-corrected chi connectivity index (χ2v) is 2.68. The van der Waals surface area contributed by atoms with Crippen LogP contribution in [0.5, 0.6) is 0 Å². The first kappa shape index (κ1) is 7.77. The third kappa shape index (κ3) is 1.15. The maximum atomic E-state index is 6.86. The number of nitrogens with two attached hydrogens (primary N) is 1. The Hall–Kier alpha value is -1.86. The van der Waals surface area contributed by atoms with E-state index in [2.05, 4.69) is 9.83 Å². The molecule has 2 aromatic heterocycles. The molecule has 2 heterocycles. The second kappa shape index (κ2) is 2.88. The molecule has 0 unspecified atom stereocenters. The van der Waals surface area contributed by atoms with Gasteiger partial charge in [0.05, 0.1) is 24.1 Å². The van der Waals surface area contributed by atoms with Crippen molar-refractivity contribution in [3.05, 3.63) is 41.8 Å². The molecule has 64 valence electrons. The molecular weight excluding hydrogens is 164 g/mol. The standard InChI is InChI=1S/C9H8N4/c1-11-7-2-3-13-6-12-8(5-10)9(13)4-7/h2-4,6H,5,10H2. The highest BCUT2D eigenvalue weighted by molar-refractivity contribution is 5.61. The molecule has 0 spiro atoms. The van der Waals surface area contributed by atoms with E-state index >= 15 is 0 Å². The maximum Gasteiger partial charge on any atom is 0.190 e. The number of hydrogen-bond acceptors (Lipinski definition) is 2. The fourth-order valence-corrected chi connectivity index (χ4v) is 1.26. The molecule has 2 aromatic rings. The van der Waals surface area contributed by atoms with E-state index in [4.69, 9.17) is 12.3 Å². The first-order valence-electron chi connectivity index (χ1n) is 3.88. The summed E-state index contributed by atoms with van der Waals surface area (Å²) in [4.78, 5) is 7.47. The fraction of sp³-hybridized carbons (Fsp3) is 0.111. The zero-order valence-corrected chi connectivity index (χ0v) is 6.94. The molecule has 0 bridgehead atoms. The Balaban J connectivity index is 2.73. The second-order valence-electron chi connectivity index (χ2n) is 2.68. The van der Waals surface area contributed by atoms with Crippen molar-refractivity contribution in [1.29, 1.82) is 0 Å². The summed E-state index contributed by atoms with van der Waals surface area (Å²) in [5.74, 6) is 0. The van der Waals surface area contributed by atoms with Crippen molar-refractivity contribution < 1.29 is 0 Å². The molecule has 0 aliphatic heterocycles. The Bertz CT molecular complexity index is 478. The van der Waals surface area contributed by atoms with E-state index in [1.165, 1.54) is 0 Å². The number of nitrogens with zero attached hydrogens (tertiary/aromatic N) is 3. The van der Waals surface area contributed by atoms with Crippen molar-refractivity contribution in [2.24, 2.45) is 5.73 Å². The number of pyridine rings is 1. The van der Waals surface area contributed by atoms with Crippen LogP contribution in [0.25, 0.3) is 10.4 Å². The van der Waals surface area contributed by atoms with Gasteiger partial charge < -0.3 is 10.1 Å². The zero-order valence-electron chi connectivity index (χ0n) is 6.94. The van der Waals surface area contributed by atoms with Gasteiger partial charge in [-0.05, 0) is 18.3 Å². The van der Waals surface area contributed by atoms with Gasteiger partial charge in [0.15, 0.2) is 5.69 Å². The van der Waals surface area contributed by atoms with Gasteiger partial charge >= 0.3 is 0 Å². The van der Waals surface area contributed by atoms with Crippen LogP contribution in [-0.2, 0) is 6.54 Å².